The number of rotatable bonds is 4. The Hall–Kier alpha value is -1.18. The van der Waals surface area contributed by atoms with Crippen molar-refractivity contribution in [3.8, 4) is 0 Å². The molecule has 5 nitrogen and oxygen atoms in total. The molecular formula is C19H28FNO4S. The minimum atomic E-state index is -3.62. The predicted molar refractivity (Wildman–Crippen MR) is 99.3 cm³/mol. The predicted octanol–water partition coefficient (Wildman–Crippen LogP) is 3.65. The molecule has 146 valence electrons. The van der Waals surface area contributed by atoms with Crippen molar-refractivity contribution in [3.05, 3.63) is 29.6 Å². The number of halogens is 1. The number of hydrogen-bond donors (Lipinski definition) is 0. The maximum atomic E-state index is 14.6. The molecule has 0 N–H and O–H groups in total. The summed E-state index contributed by atoms with van der Waals surface area (Å²) >= 11 is 0. The molecule has 0 amide bonds. The minimum absolute atomic E-state index is 0.0941. The molecule has 0 aliphatic carbocycles. The summed E-state index contributed by atoms with van der Waals surface area (Å²) < 4.78 is 48.6. The maximum absolute atomic E-state index is 14.6. The highest BCUT2D eigenvalue weighted by molar-refractivity contribution is 7.86. The van der Waals surface area contributed by atoms with Gasteiger partial charge in [-0.2, -0.15) is 8.42 Å². The molecule has 1 spiro atoms. The molecule has 2 fully saturated rings. The average molecular weight is 386 g/mol. The van der Waals surface area contributed by atoms with Crippen molar-refractivity contribution < 1.29 is 21.7 Å². The first-order valence-electron chi connectivity index (χ1n) is 9.06. The second-order valence-corrected chi connectivity index (χ2v) is 9.93. The first-order chi connectivity index (χ1) is 12.0. The van der Waals surface area contributed by atoms with E-state index < -0.39 is 16.2 Å². The van der Waals surface area contributed by atoms with Crippen LogP contribution in [0.5, 0.6) is 0 Å². The van der Waals surface area contributed by atoms with Crippen LogP contribution in [0.15, 0.2) is 18.2 Å². The van der Waals surface area contributed by atoms with E-state index in [1.54, 1.807) is 19.1 Å². The first-order valence-corrected chi connectivity index (χ1v) is 10.9. The number of nitrogens with zero attached hydrogens (tertiary/aromatic N) is 1. The van der Waals surface area contributed by atoms with Crippen LogP contribution in [0.2, 0.25) is 0 Å². The molecule has 7 heteroatoms. The lowest BCUT2D eigenvalue weighted by Crippen LogP contribution is -2.41. The minimum Gasteiger partial charge on any atom is -0.375 e. The molecule has 0 radical (unpaired) electrons. The van der Waals surface area contributed by atoms with E-state index in [9.17, 15) is 12.8 Å². The van der Waals surface area contributed by atoms with Crippen molar-refractivity contribution in [1.29, 1.82) is 0 Å². The quantitative estimate of drug-likeness (QED) is 0.741. The van der Waals surface area contributed by atoms with Gasteiger partial charge in [0.05, 0.1) is 24.2 Å². The van der Waals surface area contributed by atoms with Gasteiger partial charge in [0.1, 0.15) is 11.9 Å². The molecule has 0 saturated carbocycles. The first kappa shape index (κ1) is 19.6. The van der Waals surface area contributed by atoms with Crippen LogP contribution in [-0.4, -0.2) is 40.0 Å². The summed E-state index contributed by atoms with van der Waals surface area (Å²) in [6, 6.07) is 4.74. The number of para-hydroxylation sites is 1. The molecule has 3 rings (SSSR count). The SMILES string of the molecule is CC(OS(C)(=O)=O)c1cccc(F)c1N1CCC2(CC1)COC(C)(C)C2. The zero-order valence-electron chi connectivity index (χ0n) is 15.9. The van der Waals surface area contributed by atoms with E-state index in [0.29, 0.717) is 11.3 Å². The summed E-state index contributed by atoms with van der Waals surface area (Å²) in [6.45, 7) is 8.07. The Morgan fingerprint density at radius 1 is 1.27 bits per heavy atom. The van der Waals surface area contributed by atoms with Crippen molar-refractivity contribution in [2.24, 2.45) is 5.41 Å². The van der Waals surface area contributed by atoms with Gasteiger partial charge in [0.15, 0.2) is 0 Å². The summed E-state index contributed by atoms with van der Waals surface area (Å²) in [5.41, 5.74) is 1.09. The van der Waals surface area contributed by atoms with Crippen molar-refractivity contribution in [3.63, 3.8) is 0 Å². The lowest BCUT2D eigenvalue weighted by atomic mass is 9.74. The Bertz CT molecular complexity index is 770. The normalized spacial score (nSPS) is 23.3. The van der Waals surface area contributed by atoms with Crippen LogP contribution in [0.3, 0.4) is 0 Å². The van der Waals surface area contributed by atoms with E-state index in [4.69, 9.17) is 8.92 Å². The highest BCUT2D eigenvalue weighted by atomic mass is 32.2. The monoisotopic (exact) mass is 385 g/mol. The Morgan fingerprint density at radius 3 is 2.46 bits per heavy atom. The molecular weight excluding hydrogens is 357 g/mol. The van der Waals surface area contributed by atoms with E-state index >= 15 is 0 Å². The lowest BCUT2D eigenvalue weighted by molar-refractivity contribution is 0.0295. The number of benzene rings is 1. The fraction of sp³-hybridized carbons (Fsp3) is 0.684. The summed E-state index contributed by atoms with van der Waals surface area (Å²) in [7, 11) is -3.62. The van der Waals surface area contributed by atoms with E-state index in [0.717, 1.165) is 45.2 Å². The Balaban J connectivity index is 1.80. The number of piperidine rings is 1. The molecule has 2 aliphatic rings. The van der Waals surface area contributed by atoms with Gasteiger partial charge in [-0.1, -0.05) is 12.1 Å². The maximum Gasteiger partial charge on any atom is 0.264 e. The highest BCUT2D eigenvalue weighted by Crippen LogP contribution is 2.47. The third-order valence-electron chi connectivity index (χ3n) is 5.49. The molecule has 0 aromatic heterocycles. The van der Waals surface area contributed by atoms with Gasteiger partial charge in [-0.05, 0) is 51.5 Å². The third-order valence-corrected chi connectivity index (χ3v) is 6.12. The third kappa shape index (κ3) is 4.21. The largest absolute Gasteiger partial charge is 0.375 e. The van der Waals surface area contributed by atoms with Gasteiger partial charge >= 0.3 is 0 Å². The highest BCUT2D eigenvalue weighted by Gasteiger charge is 2.46. The Morgan fingerprint density at radius 2 is 1.92 bits per heavy atom. The van der Waals surface area contributed by atoms with Gasteiger partial charge in [-0.25, -0.2) is 4.39 Å². The molecule has 2 heterocycles. The number of ether oxygens (including phenoxy) is 1. The smallest absolute Gasteiger partial charge is 0.264 e. The molecule has 1 aromatic carbocycles. The molecule has 1 atom stereocenters. The molecule has 26 heavy (non-hydrogen) atoms. The molecule has 2 saturated heterocycles. The van der Waals surface area contributed by atoms with Crippen molar-refractivity contribution in [2.45, 2.75) is 51.7 Å². The second kappa shape index (κ2) is 6.77. The topological polar surface area (TPSA) is 55.8 Å². The summed E-state index contributed by atoms with van der Waals surface area (Å²) in [6.07, 6.45) is 3.16. The van der Waals surface area contributed by atoms with Gasteiger partial charge < -0.3 is 9.64 Å². The Labute approximate surface area is 155 Å². The number of hydrogen-bond acceptors (Lipinski definition) is 5. The lowest BCUT2D eigenvalue weighted by Gasteiger charge is -2.41. The van der Waals surface area contributed by atoms with Gasteiger partial charge in [0.2, 0.25) is 0 Å². The summed E-state index contributed by atoms with van der Waals surface area (Å²) in [4.78, 5) is 2.02. The van der Waals surface area contributed by atoms with E-state index in [1.807, 2.05) is 4.90 Å². The molecule has 1 aromatic rings. The standard InChI is InChI=1S/C19H28FNO4S/c1-14(25-26(4,22)23)15-6-5-7-16(20)17(15)21-10-8-19(9-11-21)12-18(2,3)24-13-19/h5-7,14H,8-13H2,1-4H3. The van der Waals surface area contributed by atoms with Gasteiger partial charge in [0, 0.05) is 18.7 Å². The molecule has 1 unspecified atom stereocenters. The van der Waals surface area contributed by atoms with Crippen LogP contribution in [0.25, 0.3) is 0 Å². The fourth-order valence-electron chi connectivity index (χ4n) is 4.39. The van der Waals surface area contributed by atoms with Crippen molar-refractivity contribution >= 4 is 15.8 Å². The van der Waals surface area contributed by atoms with Crippen LogP contribution in [0, 0.1) is 11.2 Å². The van der Waals surface area contributed by atoms with Crippen molar-refractivity contribution in [1.82, 2.24) is 0 Å². The second-order valence-electron chi connectivity index (χ2n) is 8.33. The van der Waals surface area contributed by atoms with Crippen LogP contribution in [0.4, 0.5) is 10.1 Å². The van der Waals surface area contributed by atoms with Crippen LogP contribution in [0.1, 0.15) is 51.7 Å². The van der Waals surface area contributed by atoms with Gasteiger partial charge in [0.25, 0.3) is 10.1 Å². The van der Waals surface area contributed by atoms with E-state index in [2.05, 4.69) is 13.8 Å². The van der Waals surface area contributed by atoms with E-state index in [1.165, 1.54) is 6.07 Å². The van der Waals surface area contributed by atoms with Gasteiger partial charge in [-0.3, -0.25) is 4.18 Å². The zero-order chi connectivity index (χ0) is 19.2. The van der Waals surface area contributed by atoms with E-state index in [-0.39, 0.29) is 16.8 Å². The van der Waals surface area contributed by atoms with Crippen LogP contribution < -0.4 is 4.90 Å². The Kier molecular flexibility index (Phi) is 5.09. The fourth-order valence-corrected chi connectivity index (χ4v) is 5.02. The molecule has 0 bridgehead atoms. The van der Waals surface area contributed by atoms with Crippen LogP contribution >= 0.6 is 0 Å². The zero-order valence-corrected chi connectivity index (χ0v) is 16.7. The number of anilines is 1. The van der Waals surface area contributed by atoms with Crippen molar-refractivity contribution in [2.75, 3.05) is 30.9 Å². The van der Waals surface area contributed by atoms with Crippen LogP contribution in [-0.2, 0) is 19.0 Å². The summed E-state index contributed by atoms with van der Waals surface area (Å²) in [5, 5.41) is 0. The van der Waals surface area contributed by atoms with Gasteiger partial charge in [-0.15, -0.1) is 0 Å². The molecule has 2 aliphatic heterocycles. The summed E-state index contributed by atoms with van der Waals surface area (Å²) in [5.74, 6) is -0.342. The average Bonchev–Trinajstić information content (AvgIpc) is 2.81.